The number of hydrogen-bond acceptors (Lipinski definition) is 4. The molecule has 0 saturated heterocycles. The van der Waals surface area contributed by atoms with Gasteiger partial charge in [0.25, 0.3) is 0 Å². The highest BCUT2D eigenvalue weighted by atomic mass is 19.1. The Bertz CT molecular complexity index is 635. The summed E-state index contributed by atoms with van der Waals surface area (Å²) < 4.78 is 19.0. The van der Waals surface area contributed by atoms with Gasteiger partial charge < -0.3 is 15.0 Å². The van der Waals surface area contributed by atoms with Gasteiger partial charge in [-0.1, -0.05) is 36.4 Å². The maximum Gasteiger partial charge on any atom is 0.406 e. The van der Waals surface area contributed by atoms with Crippen molar-refractivity contribution >= 4 is 18.7 Å². The number of nitrogens with one attached hydrogen (secondary N) is 1. The van der Waals surface area contributed by atoms with Crippen LogP contribution in [0.15, 0.2) is 48.5 Å². The molecular formula is C16H17BFNO3. The first kappa shape index (κ1) is 16.0. The standard InChI is InChI=1S/C16H17BFNO3/c1-17(21)19-14-8-7-13(15(18)10-14)9-16(20)22-11-12-5-3-2-4-6-12/h2-8,10,19,21H,9,11H2,1H3. The Balaban J connectivity index is 1.91. The van der Waals surface area contributed by atoms with E-state index in [4.69, 9.17) is 4.74 Å². The Hall–Kier alpha value is -2.34. The molecule has 0 fully saturated rings. The van der Waals surface area contributed by atoms with Crippen LogP contribution in [-0.2, 0) is 22.6 Å². The van der Waals surface area contributed by atoms with Gasteiger partial charge in [0.15, 0.2) is 0 Å². The molecule has 6 heteroatoms. The van der Waals surface area contributed by atoms with E-state index in [0.29, 0.717) is 5.69 Å². The predicted molar refractivity (Wildman–Crippen MR) is 83.8 cm³/mol. The summed E-state index contributed by atoms with van der Waals surface area (Å²) in [7, 11) is -0.777. The second kappa shape index (κ2) is 7.61. The fourth-order valence-corrected chi connectivity index (χ4v) is 1.97. The molecule has 2 aromatic rings. The number of carbonyl (C=O) groups is 1. The quantitative estimate of drug-likeness (QED) is 0.636. The summed E-state index contributed by atoms with van der Waals surface area (Å²) in [5, 5.41) is 11.9. The highest BCUT2D eigenvalue weighted by Gasteiger charge is 2.11. The van der Waals surface area contributed by atoms with Crippen molar-refractivity contribution in [1.82, 2.24) is 0 Å². The van der Waals surface area contributed by atoms with Crippen molar-refractivity contribution in [3.63, 3.8) is 0 Å². The predicted octanol–water partition coefficient (Wildman–Crippen LogP) is 2.63. The molecule has 4 nitrogen and oxygen atoms in total. The van der Waals surface area contributed by atoms with Crippen molar-refractivity contribution in [3.8, 4) is 0 Å². The molecule has 0 spiro atoms. The first-order valence-corrected chi connectivity index (χ1v) is 6.97. The van der Waals surface area contributed by atoms with E-state index in [0.717, 1.165) is 5.56 Å². The average Bonchev–Trinajstić information content (AvgIpc) is 2.48. The number of carbonyl (C=O) groups excluding carboxylic acids is 1. The van der Waals surface area contributed by atoms with E-state index in [1.807, 2.05) is 30.3 Å². The van der Waals surface area contributed by atoms with E-state index in [1.54, 1.807) is 6.07 Å². The van der Waals surface area contributed by atoms with Gasteiger partial charge in [-0.3, -0.25) is 4.79 Å². The lowest BCUT2D eigenvalue weighted by Crippen LogP contribution is -2.19. The summed E-state index contributed by atoms with van der Waals surface area (Å²) in [5.74, 6) is -0.999. The normalized spacial score (nSPS) is 10.1. The Kier molecular flexibility index (Phi) is 5.55. The number of anilines is 1. The van der Waals surface area contributed by atoms with Crippen molar-refractivity contribution in [2.45, 2.75) is 19.9 Å². The number of esters is 1. The topological polar surface area (TPSA) is 58.6 Å². The van der Waals surface area contributed by atoms with E-state index in [9.17, 15) is 14.2 Å². The molecule has 0 bridgehead atoms. The fraction of sp³-hybridized carbons (Fsp3) is 0.188. The van der Waals surface area contributed by atoms with Gasteiger partial charge in [0, 0.05) is 5.69 Å². The van der Waals surface area contributed by atoms with Crippen LogP contribution < -0.4 is 5.23 Å². The van der Waals surface area contributed by atoms with Gasteiger partial charge in [0.05, 0.1) is 6.42 Å². The second-order valence-corrected chi connectivity index (χ2v) is 4.95. The molecule has 2 rings (SSSR count). The van der Waals surface area contributed by atoms with E-state index in [1.165, 1.54) is 19.0 Å². The van der Waals surface area contributed by atoms with Crippen molar-refractivity contribution in [1.29, 1.82) is 0 Å². The van der Waals surface area contributed by atoms with Crippen molar-refractivity contribution in [2.24, 2.45) is 0 Å². The zero-order valence-corrected chi connectivity index (χ0v) is 12.3. The second-order valence-electron chi connectivity index (χ2n) is 4.95. The molecule has 0 aliphatic heterocycles. The average molecular weight is 301 g/mol. The first-order chi connectivity index (χ1) is 10.5. The highest BCUT2D eigenvalue weighted by Crippen LogP contribution is 2.16. The number of halogens is 1. The third kappa shape index (κ3) is 4.89. The summed E-state index contributed by atoms with van der Waals surface area (Å²) in [6, 6.07) is 13.7. The lowest BCUT2D eigenvalue weighted by Gasteiger charge is -2.09. The zero-order chi connectivity index (χ0) is 15.9. The van der Waals surface area contributed by atoms with Crippen LogP contribution in [0.4, 0.5) is 10.1 Å². The fourth-order valence-electron chi connectivity index (χ4n) is 1.97. The van der Waals surface area contributed by atoms with Crippen LogP contribution >= 0.6 is 0 Å². The molecule has 2 N–H and O–H groups in total. The van der Waals surface area contributed by atoms with Gasteiger partial charge in [-0.25, -0.2) is 4.39 Å². The van der Waals surface area contributed by atoms with Gasteiger partial charge in [-0.15, -0.1) is 0 Å². The molecule has 0 amide bonds. The van der Waals surface area contributed by atoms with Gasteiger partial charge in [0.1, 0.15) is 12.4 Å². The number of hydrogen-bond donors (Lipinski definition) is 2. The number of ether oxygens (including phenoxy) is 1. The molecule has 0 saturated carbocycles. The van der Waals surface area contributed by atoms with Crippen LogP contribution in [0.25, 0.3) is 0 Å². The van der Waals surface area contributed by atoms with Crippen LogP contribution in [0.3, 0.4) is 0 Å². The minimum atomic E-state index is -0.777. The Morgan fingerprint density at radius 1 is 1.27 bits per heavy atom. The summed E-state index contributed by atoms with van der Waals surface area (Å²) in [4.78, 5) is 11.8. The molecule has 0 aromatic heterocycles. The van der Waals surface area contributed by atoms with Crippen LogP contribution in [0.2, 0.25) is 6.82 Å². The van der Waals surface area contributed by atoms with Crippen LogP contribution in [0, 0.1) is 5.82 Å². The van der Waals surface area contributed by atoms with Crippen molar-refractivity contribution < 1.29 is 18.9 Å². The Labute approximate surface area is 129 Å². The van der Waals surface area contributed by atoms with Crippen molar-refractivity contribution in [3.05, 3.63) is 65.5 Å². The highest BCUT2D eigenvalue weighted by molar-refractivity contribution is 6.52. The van der Waals surface area contributed by atoms with Crippen LogP contribution in [-0.4, -0.2) is 18.0 Å². The van der Waals surface area contributed by atoms with Crippen LogP contribution in [0.1, 0.15) is 11.1 Å². The largest absolute Gasteiger partial charge is 0.461 e. The molecule has 2 aromatic carbocycles. The molecule has 114 valence electrons. The third-order valence-corrected chi connectivity index (χ3v) is 3.01. The summed E-state index contributed by atoms with van der Waals surface area (Å²) in [6.07, 6.45) is -0.131. The minimum absolute atomic E-state index is 0.131. The SMILES string of the molecule is CB(O)Nc1ccc(CC(=O)OCc2ccccc2)c(F)c1. The zero-order valence-electron chi connectivity index (χ0n) is 12.3. The Morgan fingerprint density at radius 2 is 2.00 bits per heavy atom. The summed E-state index contributed by atoms with van der Waals surface area (Å²) in [6.45, 7) is 1.70. The smallest absolute Gasteiger partial charge is 0.406 e. The van der Waals surface area contributed by atoms with Gasteiger partial charge in [-0.2, -0.15) is 0 Å². The lowest BCUT2D eigenvalue weighted by atomic mass is 9.88. The van der Waals surface area contributed by atoms with Gasteiger partial charge in [-0.05, 0) is 30.1 Å². The first-order valence-electron chi connectivity index (χ1n) is 6.97. The summed E-state index contributed by atoms with van der Waals surface area (Å²) in [5.41, 5.74) is 1.59. The van der Waals surface area contributed by atoms with Gasteiger partial charge >= 0.3 is 13.0 Å². The van der Waals surface area contributed by atoms with E-state index < -0.39 is 18.8 Å². The Morgan fingerprint density at radius 3 is 2.64 bits per heavy atom. The molecule has 0 aliphatic rings. The molecule has 0 atom stereocenters. The van der Waals surface area contributed by atoms with E-state index in [-0.39, 0.29) is 18.6 Å². The molecule has 0 radical (unpaired) electrons. The molecule has 0 heterocycles. The molecule has 0 aliphatic carbocycles. The van der Waals surface area contributed by atoms with Crippen LogP contribution in [0.5, 0.6) is 0 Å². The summed E-state index contributed by atoms with van der Waals surface area (Å²) >= 11 is 0. The maximum absolute atomic E-state index is 13.9. The molecular weight excluding hydrogens is 284 g/mol. The van der Waals surface area contributed by atoms with Crippen molar-refractivity contribution in [2.75, 3.05) is 5.23 Å². The minimum Gasteiger partial charge on any atom is -0.461 e. The van der Waals surface area contributed by atoms with Gasteiger partial charge in [0.2, 0.25) is 0 Å². The monoisotopic (exact) mass is 301 g/mol. The lowest BCUT2D eigenvalue weighted by molar-refractivity contribution is -0.144. The number of benzene rings is 2. The molecule has 22 heavy (non-hydrogen) atoms. The maximum atomic E-state index is 13.9. The molecule has 0 unspecified atom stereocenters. The number of rotatable bonds is 6. The third-order valence-electron chi connectivity index (χ3n) is 3.01. The van der Waals surface area contributed by atoms with E-state index in [2.05, 4.69) is 5.23 Å². The van der Waals surface area contributed by atoms with E-state index >= 15 is 0 Å².